The third-order valence-electron chi connectivity index (χ3n) is 8.08. The van der Waals surface area contributed by atoms with Gasteiger partial charge in [0.05, 0.1) is 25.0 Å². The Morgan fingerprint density at radius 2 is 1.70 bits per heavy atom. The molecule has 8 heteroatoms. The zero-order valence-electron chi connectivity index (χ0n) is 24.8. The fraction of sp³-hybridized carbons (Fsp3) is 0.656. The molecule has 1 heterocycles. The molecule has 8 nitrogen and oxygen atoms in total. The molecule has 3 rings (SSSR count). The molecule has 1 saturated carbocycles. The molecule has 0 aromatic heterocycles. The van der Waals surface area contributed by atoms with Gasteiger partial charge in [0.2, 0.25) is 11.8 Å². The van der Waals surface area contributed by atoms with Gasteiger partial charge in [0.1, 0.15) is 5.78 Å². The summed E-state index contributed by atoms with van der Waals surface area (Å²) in [5.74, 6) is -1.47. The maximum atomic E-state index is 13.6. The molecule has 220 valence electrons. The average molecular weight is 554 g/mol. The van der Waals surface area contributed by atoms with E-state index in [-0.39, 0.29) is 65.9 Å². The predicted octanol–water partition coefficient (Wildman–Crippen LogP) is 3.65. The fourth-order valence-electron chi connectivity index (χ4n) is 5.46. The first kappa shape index (κ1) is 31.7. The minimum Gasteiger partial charge on any atom is -0.346 e. The highest BCUT2D eigenvalue weighted by atomic mass is 16.2. The van der Waals surface area contributed by atoms with Crippen LogP contribution >= 0.6 is 0 Å². The number of Topliss-reactive ketones (excluding diaryl/α,β-unsaturated/α-hetero) is 3. The van der Waals surface area contributed by atoms with Gasteiger partial charge in [-0.05, 0) is 50.0 Å². The standard InChI is InChI=1S/C32H47N3O5/c1-21(2)16-26(30(39)32(5)13-14-32)34-31(40)24(17-23-10-7-6-8-11-23)18-25(36)19-28(37)27-12-9-15-35(27)29(38)20-33-22(3)4/h6-8,10-11,21-22,24,26-27,33H,9,12-20H2,1-5H3,(H,34,40)/t24-,26+,27+/m1/s1. The van der Waals surface area contributed by atoms with Gasteiger partial charge in [-0.3, -0.25) is 24.0 Å². The van der Waals surface area contributed by atoms with Crippen molar-refractivity contribution in [2.24, 2.45) is 17.3 Å². The maximum Gasteiger partial charge on any atom is 0.237 e. The number of hydrogen-bond donors (Lipinski definition) is 2. The van der Waals surface area contributed by atoms with E-state index >= 15 is 0 Å². The molecule has 40 heavy (non-hydrogen) atoms. The molecule has 1 saturated heterocycles. The number of rotatable bonds is 16. The highest BCUT2D eigenvalue weighted by Gasteiger charge is 2.48. The third kappa shape index (κ3) is 9.08. The molecule has 2 amide bonds. The second-order valence-electron chi connectivity index (χ2n) is 12.7. The summed E-state index contributed by atoms with van der Waals surface area (Å²) in [6, 6.07) is 8.44. The normalized spacial score (nSPS) is 19.4. The smallest absolute Gasteiger partial charge is 0.237 e. The van der Waals surface area contributed by atoms with E-state index in [4.69, 9.17) is 0 Å². The van der Waals surface area contributed by atoms with Crippen LogP contribution in [0.15, 0.2) is 30.3 Å². The molecule has 3 atom stereocenters. The molecule has 0 unspecified atom stereocenters. The summed E-state index contributed by atoms with van der Waals surface area (Å²) < 4.78 is 0. The Balaban J connectivity index is 1.68. The van der Waals surface area contributed by atoms with Gasteiger partial charge >= 0.3 is 0 Å². The lowest BCUT2D eigenvalue weighted by Crippen LogP contribution is -2.47. The SMILES string of the molecule is CC(C)C[C@H](NC(=O)[C@@H](CC(=O)CC(=O)[C@@H]1CCCN1C(=O)CNC(C)C)Cc1ccccc1)C(=O)C1(C)CC1. The molecule has 2 aliphatic rings. The Kier molecular flexibility index (Phi) is 11.2. The van der Waals surface area contributed by atoms with Gasteiger partial charge in [0, 0.05) is 30.3 Å². The Labute approximate surface area is 239 Å². The molecule has 1 aromatic carbocycles. The van der Waals surface area contributed by atoms with Gasteiger partial charge in [-0.1, -0.05) is 65.0 Å². The second kappa shape index (κ2) is 14.2. The molecule has 0 spiro atoms. The lowest BCUT2D eigenvalue weighted by Gasteiger charge is -2.26. The van der Waals surface area contributed by atoms with Crippen LogP contribution < -0.4 is 10.6 Å². The lowest BCUT2D eigenvalue weighted by molar-refractivity contribution is -0.139. The highest BCUT2D eigenvalue weighted by molar-refractivity contribution is 6.04. The minimum atomic E-state index is -0.700. The molecule has 1 aliphatic carbocycles. The summed E-state index contributed by atoms with van der Waals surface area (Å²) in [6.07, 6.45) is 3.41. The second-order valence-corrected chi connectivity index (χ2v) is 12.7. The van der Waals surface area contributed by atoms with E-state index in [9.17, 15) is 24.0 Å². The number of nitrogens with one attached hydrogen (secondary N) is 2. The van der Waals surface area contributed by atoms with Crippen LogP contribution in [-0.4, -0.2) is 65.3 Å². The van der Waals surface area contributed by atoms with Gasteiger partial charge in [0.15, 0.2) is 11.6 Å². The molecule has 2 N–H and O–H groups in total. The lowest BCUT2D eigenvalue weighted by atomic mass is 9.88. The molecule has 1 aromatic rings. The van der Waals surface area contributed by atoms with Crippen LogP contribution in [0.4, 0.5) is 0 Å². The molecular formula is C32H47N3O5. The van der Waals surface area contributed by atoms with E-state index in [2.05, 4.69) is 10.6 Å². The number of carbonyl (C=O) groups is 5. The summed E-state index contributed by atoms with van der Waals surface area (Å²) in [6.45, 7) is 10.6. The van der Waals surface area contributed by atoms with Gasteiger partial charge < -0.3 is 15.5 Å². The van der Waals surface area contributed by atoms with Crippen LogP contribution in [0.25, 0.3) is 0 Å². The van der Waals surface area contributed by atoms with Crippen LogP contribution in [0.2, 0.25) is 0 Å². The van der Waals surface area contributed by atoms with Crippen molar-refractivity contribution in [3.8, 4) is 0 Å². The zero-order chi connectivity index (χ0) is 29.4. The topological polar surface area (TPSA) is 113 Å². The summed E-state index contributed by atoms with van der Waals surface area (Å²) in [5.41, 5.74) is 0.534. The Morgan fingerprint density at radius 1 is 1.02 bits per heavy atom. The number of nitrogens with zero attached hydrogens (tertiary/aromatic N) is 1. The van der Waals surface area contributed by atoms with Crippen molar-refractivity contribution in [1.29, 1.82) is 0 Å². The van der Waals surface area contributed by atoms with Crippen LogP contribution in [0.5, 0.6) is 0 Å². The Bertz CT molecular complexity index is 1060. The third-order valence-corrected chi connectivity index (χ3v) is 8.08. The van der Waals surface area contributed by atoms with Crippen molar-refractivity contribution in [3.05, 3.63) is 35.9 Å². The number of carbonyl (C=O) groups excluding carboxylic acids is 5. The van der Waals surface area contributed by atoms with Gasteiger partial charge in [0.25, 0.3) is 0 Å². The first-order valence-corrected chi connectivity index (χ1v) is 14.9. The summed E-state index contributed by atoms with van der Waals surface area (Å²) in [4.78, 5) is 67.4. The molecule has 2 fully saturated rings. The fourth-order valence-corrected chi connectivity index (χ4v) is 5.46. The molecule has 1 aliphatic heterocycles. The van der Waals surface area contributed by atoms with E-state index in [0.717, 1.165) is 24.8 Å². The van der Waals surface area contributed by atoms with E-state index in [1.165, 1.54) is 0 Å². The monoisotopic (exact) mass is 553 g/mol. The van der Waals surface area contributed by atoms with Crippen molar-refractivity contribution >= 4 is 29.2 Å². The Hall–Kier alpha value is -2.87. The maximum absolute atomic E-state index is 13.6. The van der Waals surface area contributed by atoms with E-state index < -0.39 is 18.0 Å². The average Bonchev–Trinajstić information content (AvgIpc) is 3.45. The van der Waals surface area contributed by atoms with Crippen LogP contribution in [0, 0.1) is 17.3 Å². The van der Waals surface area contributed by atoms with E-state index in [1.54, 1.807) is 4.90 Å². The number of ketones is 3. The first-order valence-electron chi connectivity index (χ1n) is 14.9. The van der Waals surface area contributed by atoms with Crippen molar-refractivity contribution in [2.75, 3.05) is 13.1 Å². The highest BCUT2D eigenvalue weighted by Crippen LogP contribution is 2.47. The molecule has 0 bridgehead atoms. The summed E-state index contributed by atoms with van der Waals surface area (Å²) in [5, 5.41) is 6.08. The largest absolute Gasteiger partial charge is 0.346 e. The summed E-state index contributed by atoms with van der Waals surface area (Å²) >= 11 is 0. The van der Waals surface area contributed by atoms with Gasteiger partial charge in [-0.25, -0.2) is 0 Å². The predicted molar refractivity (Wildman–Crippen MR) is 154 cm³/mol. The number of likely N-dealkylation sites (tertiary alicyclic amines) is 1. The Morgan fingerprint density at radius 3 is 2.30 bits per heavy atom. The van der Waals surface area contributed by atoms with E-state index in [1.807, 2.05) is 65.0 Å². The number of hydrogen-bond acceptors (Lipinski definition) is 6. The quantitative estimate of drug-likeness (QED) is 0.302. The number of amides is 2. The first-order chi connectivity index (χ1) is 18.9. The van der Waals surface area contributed by atoms with Crippen molar-refractivity contribution in [3.63, 3.8) is 0 Å². The van der Waals surface area contributed by atoms with Gasteiger partial charge in [-0.15, -0.1) is 0 Å². The van der Waals surface area contributed by atoms with Gasteiger partial charge in [-0.2, -0.15) is 0 Å². The van der Waals surface area contributed by atoms with Crippen LogP contribution in [-0.2, 0) is 30.4 Å². The van der Waals surface area contributed by atoms with Crippen LogP contribution in [0.3, 0.4) is 0 Å². The summed E-state index contributed by atoms with van der Waals surface area (Å²) in [7, 11) is 0. The van der Waals surface area contributed by atoms with Crippen molar-refractivity contribution in [2.45, 2.75) is 104 Å². The molecule has 0 radical (unpaired) electrons. The minimum absolute atomic E-state index is 0.0625. The van der Waals surface area contributed by atoms with Crippen molar-refractivity contribution in [1.82, 2.24) is 15.5 Å². The number of benzene rings is 1. The molecular weight excluding hydrogens is 506 g/mol. The van der Waals surface area contributed by atoms with E-state index in [0.29, 0.717) is 25.8 Å². The van der Waals surface area contributed by atoms with Crippen LogP contribution in [0.1, 0.15) is 85.1 Å². The van der Waals surface area contributed by atoms with Crippen molar-refractivity contribution < 1.29 is 24.0 Å². The zero-order valence-corrected chi connectivity index (χ0v) is 24.8.